The van der Waals surface area contributed by atoms with Crippen LogP contribution in [0.25, 0.3) is 17.7 Å². The predicted octanol–water partition coefficient (Wildman–Crippen LogP) is 4.45. The van der Waals surface area contributed by atoms with E-state index < -0.39 is 0 Å². The van der Waals surface area contributed by atoms with E-state index in [0.29, 0.717) is 11.7 Å². The minimum Gasteiger partial charge on any atom is -0.332 e. The second kappa shape index (κ2) is 5.50. The lowest BCUT2D eigenvalue weighted by molar-refractivity contribution is 0.424. The summed E-state index contributed by atoms with van der Waals surface area (Å²) >= 11 is 3.45. The number of H-pyrrole nitrogens is 1. The Morgan fingerprint density at radius 2 is 1.92 bits per heavy atom. The van der Waals surface area contributed by atoms with E-state index in [1.165, 1.54) is 11.1 Å². The van der Waals surface area contributed by atoms with Gasteiger partial charge in [0, 0.05) is 23.1 Å². The first-order chi connectivity index (χ1) is 12.3. The fraction of sp³-hybridized carbons (Fsp3) is 0.167. The molecule has 1 N–H and O–H groups in total. The SMILES string of the molecule is Cc1noc(-c2n[nH]c3c2C=CC(c2ccsc2)(c2ccsc2)C3)n1. The number of aryl methyl sites for hydroxylation is 1. The molecule has 0 atom stereocenters. The third-order valence-corrected chi connectivity index (χ3v) is 6.04. The standard InChI is InChI=1S/C18H14N4OS2/c1-11-19-17(23-22-11)16-14-2-5-18(8-15(14)20-21-16,12-3-6-24-9-12)13-4-7-25-10-13/h2-7,9-10H,8H2,1H3,(H,20,21). The van der Waals surface area contributed by atoms with E-state index in [9.17, 15) is 0 Å². The van der Waals surface area contributed by atoms with Crippen LogP contribution in [-0.4, -0.2) is 20.3 Å². The zero-order chi connectivity index (χ0) is 16.9. The molecule has 25 heavy (non-hydrogen) atoms. The van der Waals surface area contributed by atoms with Crippen LogP contribution in [0, 0.1) is 6.92 Å². The Morgan fingerprint density at radius 1 is 1.16 bits per heavy atom. The van der Waals surface area contributed by atoms with Crippen molar-refractivity contribution in [1.82, 2.24) is 20.3 Å². The van der Waals surface area contributed by atoms with Gasteiger partial charge in [-0.15, -0.1) is 0 Å². The van der Waals surface area contributed by atoms with E-state index in [-0.39, 0.29) is 5.41 Å². The monoisotopic (exact) mass is 366 g/mol. The van der Waals surface area contributed by atoms with Crippen molar-refractivity contribution in [3.05, 3.63) is 67.9 Å². The second-order valence-corrected chi connectivity index (χ2v) is 7.68. The highest BCUT2D eigenvalue weighted by Crippen LogP contribution is 2.44. The van der Waals surface area contributed by atoms with Crippen molar-refractivity contribution >= 4 is 28.7 Å². The summed E-state index contributed by atoms with van der Waals surface area (Å²) in [6.45, 7) is 1.81. The molecule has 0 radical (unpaired) electrons. The van der Waals surface area contributed by atoms with Gasteiger partial charge in [-0.05, 0) is 51.7 Å². The summed E-state index contributed by atoms with van der Waals surface area (Å²) in [5.74, 6) is 1.07. The quantitative estimate of drug-likeness (QED) is 0.582. The molecule has 0 fully saturated rings. The third kappa shape index (κ3) is 2.23. The fourth-order valence-corrected chi connectivity index (χ4v) is 4.90. The molecule has 0 aromatic carbocycles. The van der Waals surface area contributed by atoms with Crippen molar-refractivity contribution in [2.45, 2.75) is 18.8 Å². The second-order valence-electron chi connectivity index (χ2n) is 6.12. The van der Waals surface area contributed by atoms with Gasteiger partial charge in [-0.3, -0.25) is 5.10 Å². The average Bonchev–Trinajstić information content (AvgIpc) is 3.39. The summed E-state index contributed by atoms with van der Waals surface area (Å²) in [4.78, 5) is 4.31. The lowest BCUT2D eigenvalue weighted by atomic mass is 9.70. The van der Waals surface area contributed by atoms with Crippen LogP contribution in [-0.2, 0) is 11.8 Å². The smallest absolute Gasteiger partial charge is 0.279 e. The molecule has 1 aliphatic carbocycles. The molecular weight excluding hydrogens is 352 g/mol. The van der Waals surface area contributed by atoms with Crippen molar-refractivity contribution < 1.29 is 4.52 Å². The zero-order valence-corrected chi connectivity index (χ0v) is 15.0. The van der Waals surface area contributed by atoms with Gasteiger partial charge in [-0.25, -0.2) is 0 Å². The number of nitrogens with zero attached hydrogens (tertiary/aromatic N) is 3. The summed E-state index contributed by atoms with van der Waals surface area (Å²) in [7, 11) is 0. The molecule has 124 valence electrons. The van der Waals surface area contributed by atoms with Crippen molar-refractivity contribution in [3.63, 3.8) is 0 Å². The van der Waals surface area contributed by atoms with Crippen LogP contribution in [0.5, 0.6) is 0 Å². The van der Waals surface area contributed by atoms with E-state index in [2.05, 4.69) is 66.1 Å². The molecule has 0 unspecified atom stereocenters. The van der Waals surface area contributed by atoms with Crippen molar-refractivity contribution in [2.24, 2.45) is 0 Å². The molecule has 0 saturated carbocycles. The average molecular weight is 366 g/mol. The van der Waals surface area contributed by atoms with Gasteiger partial charge in [-0.1, -0.05) is 17.3 Å². The number of thiophene rings is 2. The fourth-order valence-electron chi connectivity index (χ4n) is 3.42. The minimum absolute atomic E-state index is 0.165. The highest BCUT2D eigenvalue weighted by molar-refractivity contribution is 7.08. The molecule has 4 heterocycles. The van der Waals surface area contributed by atoms with Gasteiger partial charge in [-0.2, -0.15) is 32.8 Å². The van der Waals surface area contributed by atoms with Crippen LogP contribution in [0.3, 0.4) is 0 Å². The Kier molecular flexibility index (Phi) is 3.26. The van der Waals surface area contributed by atoms with Crippen LogP contribution >= 0.6 is 22.7 Å². The number of rotatable bonds is 3. The van der Waals surface area contributed by atoms with Crippen molar-refractivity contribution in [2.75, 3.05) is 0 Å². The Hall–Kier alpha value is -2.51. The molecule has 0 amide bonds. The summed E-state index contributed by atoms with van der Waals surface area (Å²) in [6.07, 6.45) is 5.24. The number of nitrogens with one attached hydrogen (secondary N) is 1. The van der Waals surface area contributed by atoms with E-state index in [1.807, 2.05) is 0 Å². The maximum atomic E-state index is 5.30. The lowest BCUT2D eigenvalue weighted by Crippen LogP contribution is -2.29. The summed E-state index contributed by atoms with van der Waals surface area (Å²) in [6, 6.07) is 4.41. The van der Waals surface area contributed by atoms with Crippen LogP contribution in [0.15, 0.2) is 44.3 Å². The van der Waals surface area contributed by atoms with Gasteiger partial charge in [0.15, 0.2) is 11.5 Å². The number of fused-ring (bicyclic) bond motifs is 1. The van der Waals surface area contributed by atoms with Gasteiger partial charge in [0.05, 0.1) is 0 Å². The van der Waals surface area contributed by atoms with E-state index in [4.69, 9.17) is 4.52 Å². The van der Waals surface area contributed by atoms with Gasteiger partial charge in [0.1, 0.15) is 0 Å². The number of allylic oxidation sites excluding steroid dienone is 1. The Labute approximate surface area is 152 Å². The Bertz CT molecular complexity index is 1010. The molecular formula is C18H14N4OS2. The van der Waals surface area contributed by atoms with Crippen molar-refractivity contribution in [3.8, 4) is 11.6 Å². The molecule has 0 aliphatic heterocycles. The maximum absolute atomic E-state index is 5.30. The first-order valence-corrected chi connectivity index (χ1v) is 9.77. The molecule has 4 aromatic rings. The maximum Gasteiger partial charge on any atom is 0.279 e. The largest absolute Gasteiger partial charge is 0.332 e. The van der Waals surface area contributed by atoms with Crippen LogP contribution < -0.4 is 0 Å². The topological polar surface area (TPSA) is 67.6 Å². The first kappa shape index (κ1) is 14.8. The summed E-state index contributed by atoms with van der Waals surface area (Å²) in [5.41, 5.74) is 5.29. The van der Waals surface area contributed by atoms with Crippen molar-refractivity contribution in [1.29, 1.82) is 0 Å². The third-order valence-electron chi connectivity index (χ3n) is 4.68. The number of hydrogen-bond acceptors (Lipinski definition) is 6. The molecule has 1 aliphatic rings. The van der Waals surface area contributed by atoms with Crippen LogP contribution in [0.1, 0.15) is 28.2 Å². The van der Waals surface area contributed by atoms with Crippen LogP contribution in [0.4, 0.5) is 0 Å². The number of aromatic nitrogens is 4. The first-order valence-electron chi connectivity index (χ1n) is 7.89. The molecule has 0 spiro atoms. The molecule has 5 rings (SSSR count). The Balaban J connectivity index is 1.64. The summed E-state index contributed by atoms with van der Waals surface area (Å²) < 4.78 is 5.30. The predicted molar refractivity (Wildman–Crippen MR) is 98.8 cm³/mol. The minimum atomic E-state index is -0.165. The van der Waals surface area contributed by atoms with Crippen LogP contribution in [0.2, 0.25) is 0 Å². The highest BCUT2D eigenvalue weighted by Gasteiger charge is 2.37. The van der Waals surface area contributed by atoms with Gasteiger partial charge >= 0.3 is 0 Å². The lowest BCUT2D eigenvalue weighted by Gasteiger charge is -2.32. The number of hydrogen-bond donors (Lipinski definition) is 1. The molecule has 0 saturated heterocycles. The molecule has 4 aromatic heterocycles. The van der Waals surface area contributed by atoms with E-state index >= 15 is 0 Å². The van der Waals surface area contributed by atoms with Gasteiger partial charge in [0.25, 0.3) is 5.89 Å². The molecule has 7 heteroatoms. The highest BCUT2D eigenvalue weighted by atomic mass is 32.1. The van der Waals surface area contributed by atoms with Gasteiger partial charge < -0.3 is 4.52 Å². The number of aromatic amines is 1. The van der Waals surface area contributed by atoms with E-state index in [0.717, 1.165) is 23.4 Å². The normalized spacial score (nSPS) is 15.4. The molecule has 5 nitrogen and oxygen atoms in total. The molecule has 0 bridgehead atoms. The Morgan fingerprint density at radius 3 is 2.52 bits per heavy atom. The van der Waals surface area contributed by atoms with Gasteiger partial charge in [0.2, 0.25) is 0 Å². The summed E-state index contributed by atoms with van der Waals surface area (Å²) in [5, 5.41) is 20.2. The van der Waals surface area contributed by atoms with E-state index in [1.54, 1.807) is 29.6 Å². The zero-order valence-electron chi connectivity index (χ0n) is 13.4.